The molecule has 1 amide bonds. The molecular formula is C24H22N4O2. The van der Waals surface area contributed by atoms with Crippen molar-refractivity contribution in [3.63, 3.8) is 0 Å². The zero-order valence-corrected chi connectivity index (χ0v) is 16.5. The van der Waals surface area contributed by atoms with Gasteiger partial charge in [-0.15, -0.1) is 0 Å². The molecule has 4 aromatic rings. The molecule has 0 unspecified atom stereocenters. The Balaban J connectivity index is 1.32. The minimum atomic E-state index is -0.322. The van der Waals surface area contributed by atoms with E-state index >= 15 is 0 Å². The van der Waals surface area contributed by atoms with Crippen molar-refractivity contribution in [2.75, 3.05) is 5.32 Å². The van der Waals surface area contributed by atoms with Gasteiger partial charge in [0.05, 0.1) is 12.7 Å². The van der Waals surface area contributed by atoms with Gasteiger partial charge in [-0.3, -0.25) is 4.79 Å². The molecule has 6 heteroatoms. The highest BCUT2D eigenvalue weighted by molar-refractivity contribution is 6.02. The zero-order valence-electron chi connectivity index (χ0n) is 16.5. The molecule has 5 rings (SSSR count). The molecule has 0 atom stereocenters. The van der Waals surface area contributed by atoms with Gasteiger partial charge in [0.1, 0.15) is 5.82 Å². The molecular weight excluding hydrogens is 376 g/mol. The molecule has 1 N–H and O–H groups in total. The van der Waals surface area contributed by atoms with E-state index in [0.717, 1.165) is 24.0 Å². The van der Waals surface area contributed by atoms with Crippen LogP contribution in [0.1, 0.15) is 40.0 Å². The van der Waals surface area contributed by atoms with Crippen LogP contribution < -0.4 is 5.32 Å². The summed E-state index contributed by atoms with van der Waals surface area (Å²) in [5, 5.41) is 11.2. The molecule has 0 saturated carbocycles. The van der Waals surface area contributed by atoms with Crippen LogP contribution in [-0.4, -0.2) is 20.8 Å². The molecule has 0 spiro atoms. The van der Waals surface area contributed by atoms with Gasteiger partial charge in [0.15, 0.2) is 11.5 Å². The fourth-order valence-electron chi connectivity index (χ4n) is 3.91. The van der Waals surface area contributed by atoms with Gasteiger partial charge in [-0.2, -0.15) is 5.10 Å². The van der Waals surface area contributed by atoms with Crippen LogP contribution in [0.15, 0.2) is 71.4 Å². The predicted octanol–water partition coefficient (Wildman–Crippen LogP) is 4.72. The Morgan fingerprint density at radius 3 is 2.70 bits per heavy atom. The lowest BCUT2D eigenvalue weighted by atomic mass is 9.90. The highest BCUT2D eigenvalue weighted by Gasteiger charge is 2.17. The smallest absolute Gasteiger partial charge is 0.279 e. The molecule has 2 aromatic carbocycles. The molecule has 6 nitrogen and oxygen atoms in total. The summed E-state index contributed by atoms with van der Waals surface area (Å²) in [7, 11) is 0. The van der Waals surface area contributed by atoms with Crippen LogP contribution in [0.5, 0.6) is 0 Å². The lowest BCUT2D eigenvalue weighted by Gasteiger charge is -2.15. The van der Waals surface area contributed by atoms with Crippen molar-refractivity contribution in [3.05, 3.63) is 89.2 Å². The Kier molecular flexibility index (Phi) is 4.89. The molecule has 0 fully saturated rings. The van der Waals surface area contributed by atoms with Crippen LogP contribution in [0.25, 0.3) is 11.3 Å². The van der Waals surface area contributed by atoms with Crippen molar-refractivity contribution in [3.8, 4) is 11.3 Å². The summed E-state index contributed by atoms with van der Waals surface area (Å²) in [5.74, 6) is 0.895. The highest BCUT2D eigenvalue weighted by Crippen LogP contribution is 2.28. The Bertz CT molecular complexity index is 1180. The summed E-state index contributed by atoms with van der Waals surface area (Å²) in [6, 6.07) is 19.8. The molecule has 0 bridgehead atoms. The number of nitrogens with zero attached hydrogens (tertiary/aromatic N) is 3. The van der Waals surface area contributed by atoms with E-state index in [9.17, 15) is 4.79 Å². The van der Waals surface area contributed by atoms with E-state index in [0.29, 0.717) is 18.1 Å². The normalized spacial score (nSPS) is 13.1. The number of anilines is 1. The fraction of sp³-hybridized carbons (Fsp3) is 0.208. The summed E-state index contributed by atoms with van der Waals surface area (Å²) in [6.45, 7) is 0.572. The zero-order chi connectivity index (χ0) is 20.3. The second-order valence-corrected chi connectivity index (χ2v) is 7.58. The van der Waals surface area contributed by atoms with Gasteiger partial charge in [0, 0.05) is 17.7 Å². The summed E-state index contributed by atoms with van der Waals surface area (Å²) >= 11 is 0. The molecule has 0 aliphatic heterocycles. The number of carbonyl (C=O) groups excluding carboxylic acids is 1. The van der Waals surface area contributed by atoms with Crippen molar-refractivity contribution in [2.45, 2.75) is 32.2 Å². The Morgan fingerprint density at radius 1 is 1.00 bits per heavy atom. The molecule has 150 valence electrons. The SMILES string of the molecule is O=C(Nc1ccnn1Cc1ccccc1)c1cc(-c2ccc3c(c2)CCCC3)on1. The number of hydrogen-bond acceptors (Lipinski definition) is 4. The van der Waals surface area contributed by atoms with Crippen molar-refractivity contribution in [1.29, 1.82) is 0 Å². The second-order valence-electron chi connectivity index (χ2n) is 7.58. The quantitative estimate of drug-likeness (QED) is 0.528. The Morgan fingerprint density at radius 2 is 1.83 bits per heavy atom. The first-order valence-corrected chi connectivity index (χ1v) is 10.2. The molecule has 2 heterocycles. The lowest BCUT2D eigenvalue weighted by molar-refractivity contribution is 0.101. The number of nitrogens with one attached hydrogen (secondary N) is 1. The minimum absolute atomic E-state index is 0.246. The van der Waals surface area contributed by atoms with Crippen molar-refractivity contribution in [2.24, 2.45) is 0 Å². The molecule has 2 aromatic heterocycles. The number of rotatable bonds is 5. The van der Waals surface area contributed by atoms with Crippen LogP contribution in [0.4, 0.5) is 5.82 Å². The number of aryl methyl sites for hydroxylation is 2. The monoisotopic (exact) mass is 398 g/mol. The number of aromatic nitrogens is 3. The van der Waals surface area contributed by atoms with Gasteiger partial charge in [-0.25, -0.2) is 4.68 Å². The third-order valence-corrected chi connectivity index (χ3v) is 5.51. The highest BCUT2D eigenvalue weighted by atomic mass is 16.5. The van der Waals surface area contributed by atoms with E-state index in [2.05, 4.69) is 27.7 Å². The van der Waals surface area contributed by atoms with E-state index in [4.69, 9.17) is 4.52 Å². The van der Waals surface area contributed by atoms with Crippen molar-refractivity contribution in [1.82, 2.24) is 14.9 Å². The fourth-order valence-corrected chi connectivity index (χ4v) is 3.91. The largest absolute Gasteiger partial charge is 0.355 e. The number of hydrogen-bond donors (Lipinski definition) is 1. The van der Waals surface area contributed by atoms with Crippen LogP contribution in [0.3, 0.4) is 0 Å². The van der Waals surface area contributed by atoms with Crippen LogP contribution in [0.2, 0.25) is 0 Å². The van der Waals surface area contributed by atoms with E-state index in [1.807, 2.05) is 36.4 Å². The maximum absolute atomic E-state index is 12.7. The van der Waals surface area contributed by atoms with Gasteiger partial charge in [-0.05, 0) is 48.4 Å². The third kappa shape index (κ3) is 3.76. The van der Waals surface area contributed by atoms with Gasteiger partial charge < -0.3 is 9.84 Å². The summed E-state index contributed by atoms with van der Waals surface area (Å²) in [4.78, 5) is 12.7. The van der Waals surface area contributed by atoms with E-state index in [1.54, 1.807) is 23.0 Å². The summed E-state index contributed by atoms with van der Waals surface area (Å²) in [5.41, 5.74) is 5.08. The summed E-state index contributed by atoms with van der Waals surface area (Å²) < 4.78 is 7.22. The molecule has 1 aliphatic carbocycles. The van der Waals surface area contributed by atoms with Crippen LogP contribution in [-0.2, 0) is 19.4 Å². The molecule has 0 saturated heterocycles. The van der Waals surface area contributed by atoms with Crippen molar-refractivity contribution < 1.29 is 9.32 Å². The number of fused-ring (bicyclic) bond motifs is 1. The number of carbonyl (C=O) groups is 1. The maximum atomic E-state index is 12.7. The molecule has 1 aliphatic rings. The van der Waals surface area contributed by atoms with Gasteiger partial charge in [-0.1, -0.05) is 47.6 Å². The van der Waals surface area contributed by atoms with Gasteiger partial charge in [0.2, 0.25) is 0 Å². The first kappa shape index (κ1) is 18.4. The number of benzene rings is 2. The first-order valence-electron chi connectivity index (χ1n) is 10.2. The standard InChI is InChI=1S/C24H22N4O2/c29-24(26-23-12-13-25-28(23)16-17-6-2-1-3-7-17)21-15-22(30-27-21)20-11-10-18-8-4-5-9-19(18)14-20/h1-3,6-7,10-15H,4-5,8-9,16H2,(H,26,29). The van der Waals surface area contributed by atoms with Crippen LogP contribution in [0, 0.1) is 0 Å². The average Bonchev–Trinajstić information content (AvgIpc) is 3.44. The van der Waals surface area contributed by atoms with Crippen molar-refractivity contribution >= 4 is 11.7 Å². The van der Waals surface area contributed by atoms with Crippen LogP contribution >= 0.6 is 0 Å². The van der Waals surface area contributed by atoms with E-state index < -0.39 is 0 Å². The first-order chi connectivity index (χ1) is 14.8. The predicted molar refractivity (Wildman–Crippen MR) is 114 cm³/mol. The number of amides is 1. The average molecular weight is 398 g/mol. The van der Waals surface area contributed by atoms with Gasteiger partial charge >= 0.3 is 0 Å². The lowest BCUT2D eigenvalue weighted by Crippen LogP contribution is -2.16. The topological polar surface area (TPSA) is 73.0 Å². The van der Waals surface area contributed by atoms with Gasteiger partial charge in [0.25, 0.3) is 5.91 Å². The Hall–Kier alpha value is -3.67. The minimum Gasteiger partial charge on any atom is -0.355 e. The molecule has 30 heavy (non-hydrogen) atoms. The second kappa shape index (κ2) is 7.99. The molecule has 0 radical (unpaired) electrons. The van der Waals surface area contributed by atoms with E-state index in [1.165, 1.54) is 24.0 Å². The summed E-state index contributed by atoms with van der Waals surface area (Å²) in [6.07, 6.45) is 6.36. The Labute approximate surface area is 174 Å². The van der Waals surface area contributed by atoms with E-state index in [-0.39, 0.29) is 11.6 Å². The maximum Gasteiger partial charge on any atom is 0.279 e. The third-order valence-electron chi connectivity index (χ3n) is 5.51.